The Morgan fingerprint density at radius 3 is 2.55 bits per heavy atom. The summed E-state index contributed by atoms with van der Waals surface area (Å²) in [5.41, 5.74) is 0. The number of hydrogen-bond donors (Lipinski definition) is 0. The second-order valence-electron chi connectivity index (χ2n) is 6.84. The van der Waals surface area contributed by atoms with E-state index in [1.54, 1.807) is 30.6 Å². The van der Waals surface area contributed by atoms with Crippen LogP contribution in [-0.4, -0.2) is 58.4 Å². The van der Waals surface area contributed by atoms with Crippen molar-refractivity contribution in [3.63, 3.8) is 0 Å². The van der Waals surface area contributed by atoms with E-state index in [1.165, 1.54) is 10.5 Å². The summed E-state index contributed by atoms with van der Waals surface area (Å²) in [6.07, 6.45) is 7.04. The number of ether oxygens (including phenoxy) is 1. The van der Waals surface area contributed by atoms with E-state index >= 15 is 0 Å². The zero-order chi connectivity index (χ0) is 20.7. The Balaban J connectivity index is 1.41. The molecule has 1 saturated heterocycles. The standard InChI is InChI=1S/C19H23ClN4O4S/c20-15-5-6-19(23-13-15)28-17-7-11-24(12-8-17)29(26,27)14-16(25)3-1-4-18-21-9-2-10-22-18/h2,5-6,9-10,13,17H,1,3-4,7-8,11-12,14H2. The predicted octanol–water partition coefficient (Wildman–Crippen LogP) is 2.29. The molecule has 0 amide bonds. The average Bonchev–Trinajstić information content (AvgIpc) is 2.71. The number of aryl methyl sites for hydroxylation is 1. The van der Waals surface area contributed by atoms with Crippen molar-refractivity contribution in [2.75, 3.05) is 18.8 Å². The molecule has 0 radical (unpaired) electrons. The van der Waals surface area contributed by atoms with Gasteiger partial charge in [0.25, 0.3) is 0 Å². The fourth-order valence-corrected chi connectivity index (χ4v) is 4.71. The Bertz CT molecular complexity index is 902. The van der Waals surface area contributed by atoms with Gasteiger partial charge in [-0.2, -0.15) is 0 Å². The molecule has 2 aromatic rings. The maximum absolute atomic E-state index is 12.5. The minimum atomic E-state index is -3.62. The molecule has 0 atom stereocenters. The number of aromatic nitrogens is 3. The minimum Gasteiger partial charge on any atom is -0.474 e. The van der Waals surface area contributed by atoms with Gasteiger partial charge in [-0.25, -0.2) is 27.7 Å². The van der Waals surface area contributed by atoms with Gasteiger partial charge in [0.05, 0.1) is 5.02 Å². The smallest absolute Gasteiger partial charge is 0.221 e. The predicted molar refractivity (Wildman–Crippen MR) is 108 cm³/mol. The van der Waals surface area contributed by atoms with E-state index < -0.39 is 15.8 Å². The number of Topliss-reactive ketones (excluding diaryl/α,β-unsaturated/α-hetero) is 1. The molecule has 0 unspecified atom stereocenters. The molecule has 1 aliphatic heterocycles. The fraction of sp³-hybridized carbons (Fsp3) is 0.474. The molecule has 3 heterocycles. The molecule has 0 bridgehead atoms. The summed E-state index contributed by atoms with van der Waals surface area (Å²) >= 11 is 5.80. The van der Waals surface area contributed by atoms with Crippen molar-refractivity contribution in [3.05, 3.63) is 47.6 Å². The van der Waals surface area contributed by atoms with Crippen molar-refractivity contribution < 1.29 is 17.9 Å². The number of rotatable bonds is 9. The van der Waals surface area contributed by atoms with E-state index in [1.807, 2.05) is 0 Å². The summed E-state index contributed by atoms with van der Waals surface area (Å²) in [4.78, 5) is 24.4. The quantitative estimate of drug-likeness (QED) is 0.591. The van der Waals surface area contributed by atoms with Crippen LogP contribution in [0.1, 0.15) is 31.5 Å². The molecule has 3 rings (SSSR count). The van der Waals surface area contributed by atoms with Crippen LogP contribution in [0.2, 0.25) is 5.02 Å². The largest absolute Gasteiger partial charge is 0.474 e. The first-order chi connectivity index (χ1) is 13.9. The van der Waals surface area contributed by atoms with E-state index in [2.05, 4.69) is 15.0 Å². The third-order valence-corrected chi connectivity index (χ3v) is 6.66. The van der Waals surface area contributed by atoms with Gasteiger partial charge in [0.1, 0.15) is 23.5 Å². The van der Waals surface area contributed by atoms with Crippen LogP contribution >= 0.6 is 11.6 Å². The average molecular weight is 439 g/mol. The Labute approximate surface area is 175 Å². The van der Waals surface area contributed by atoms with Crippen LogP contribution in [0, 0.1) is 0 Å². The van der Waals surface area contributed by atoms with Crippen LogP contribution in [0.5, 0.6) is 5.88 Å². The molecular formula is C19H23ClN4O4S. The second-order valence-corrected chi connectivity index (χ2v) is 9.25. The number of pyridine rings is 1. The lowest BCUT2D eigenvalue weighted by molar-refractivity contribution is -0.116. The highest BCUT2D eigenvalue weighted by Gasteiger charge is 2.30. The lowest BCUT2D eigenvalue weighted by atomic mass is 10.1. The molecule has 1 fully saturated rings. The van der Waals surface area contributed by atoms with Crippen molar-refractivity contribution in [2.24, 2.45) is 0 Å². The van der Waals surface area contributed by atoms with Crippen molar-refractivity contribution in [3.8, 4) is 5.88 Å². The van der Waals surface area contributed by atoms with Gasteiger partial charge in [-0.1, -0.05) is 11.6 Å². The van der Waals surface area contributed by atoms with Crippen molar-refractivity contribution in [1.29, 1.82) is 0 Å². The highest BCUT2D eigenvalue weighted by atomic mass is 35.5. The Hall–Kier alpha value is -2.10. The topological polar surface area (TPSA) is 102 Å². The van der Waals surface area contributed by atoms with Gasteiger partial charge in [0.2, 0.25) is 15.9 Å². The fourth-order valence-electron chi connectivity index (χ4n) is 3.10. The lowest BCUT2D eigenvalue weighted by Crippen LogP contribution is -2.43. The number of piperidine rings is 1. The molecule has 10 heteroatoms. The molecule has 156 valence electrons. The van der Waals surface area contributed by atoms with E-state index in [9.17, 15) is 13.2 Å². The number of carbonyl (C=O) groups excluding carboxylic acids is 1. The molecule has 0 aromatic carbocycles. The second kappa shape index (κ2) is 10.1. The van der Waals surface area contributed by atoms with E-state index in [-0.39, 0.29) is 18.3 Å². The lowest BCUT2D eigenvalue weighted by Gasteiger charge is -2.31. The maximum atomic E-state index is 12.5. The van der Waals surface area contributed by atoms with Gasteiger partial charge in [-0.15, -0.1) is 0 Å². The van der Waals surface area contributed by atoms with Crippen molar-refractivity contribution in [2.45, 2.75) is 38.2 Å². The summed E-state index contributed by atoms with van der Waals surface area (Å²) in [5, 5.41) is 0.527. The van der Waals surface area contributed by atoms with Crippen LogP contribution in [0.15, 0.2) is 36.8 Å². The van der Waals surface area contributed by atoms with Crippen LogP contribution in [0.25, 0.3) is 0 Å². The number of hydrogen-bond acceptors (Lipinski definition) is 7. The number of halogens is 1. The molecule has 8 nitrogen and oxygen atoms in total. The number of carbonyl (C=O) groups is 1. The summed E-state index contributed by atoms with van der Waals surface area (Å²) in [5.74, 6) is 0.366. The first kappa shape index (κ1) is 21.6. The highest BCUT2D eigenvalue weighted by Crippen LogP contribution is 2.20. The van der Waals surface area contributed by atoms with Gasteiger partial charge in [0, 0.05) is 50.6 Å². The zero-order valence-corrected chi connectivity index (χ0v) is 17.5. The molecule has 0 N–H and O–H groups in total. The van der Waals surface area contributed by atoms with Gasteiger partial charge in [-0.3, -0.25) is 4.79 Å². The Kier molecular flexibility index (Phi) is 7.51. The molecule has 0 spiro atoms. The zero-order valence-electron chi connectivity index (χ0n) is 15.9. The van der Waals surface area contributed by atoms with Gasteiger partial charge in [-0.05, 0) is 31.4 Å². The molecule has 29 heavy (non-hydrogen) atoms. The first-order valence-electron chi connectivity index (χ1n) is 9.46. The number of sulfonamides is 1. The highest BCUT2D eigenvalue weighted by molar-refractivity contribution is 7.89. The molecule has 0 aliphatic carbocycles. The molecule has 2 aromatic heterocycles. The van der Waals surface area contributed by atoms with Crippen LogP contribution in [0.3, 0.4) is 0 Å². The summed E-state index contributed by atoms with van der Waals surface area (Å²) < 4.78 is 32.2. The van der Waals surface area contributed by atoms with E-state index in [0.717, 1.165) is 0 Å². The molecule has 0 saturated carbocycles. The summed E-state index contributed by atoms with van der Waals surface area (Å²) in [7, 11) is -3.62. The van der Waals surface area contributed by atoms with Crippen LogP contribution < -0.4 is 4.74 Å². The number of nitrogens with zero attached hydrogens (tertiary/aromatic N) is 4. The van der Waals surface area contributed by atoms with Crippen molar-refractivity contribution in [1.82, 2.24) is 19.3 Å². The SMILES string of the molecule is O=C(CCCc1ncccn1)CS(=O)(=O)N1CCC(Oc2ccc(Cl)cn2)CC1. The molecular weight excluding hydrogens is 416 g/mol. The van der Waals surface area contributed by atoms with Gasteiger partial charge in [0.15, 0.2) is 0 Å². The Morgan fingerprint density at radius 1 is 1.17 bits per heavy atom. The maximum Gasteiger partial charge on any atom is 0.221 e. The monoisotopic (exact) mass is 438 g/mol. The first-order valence-corrected chi connectivity index (χ1v) is 11.4. The van der Waals surface area contributed by atoms with Crippen molar-refractivity contribution >= 4 is 27.4 Å². The Morgan fingerprint density at radius 2 is 1.90 bits per heavy atom. The minimum absolute atomic E-state index is 0.114. The van der Waals surface area contributed by atoms with Gasteiger partial charge < -0.3 is 4.74 Å². The molecule has 1 aliphatic rings. The van der Waals surface area contributed by atoms with E-state index in [0.29, 0.717) is 55.5 Å². The summed E-state index contributed by atoms with van der Waals surface area (Å²) in [6, 6.07) is 5.10. The third kappa shape index (κ3) is 6.73. The van der Waals surface area contributed by atoms with E-state index in [4.69, 9.17) is 16.3 Å². The summed E-state index contributed by atoms with van der Waals surface area (Å²) in [6.45, 7) is 0.650. The normalized spacial score (nSPS) is 15.9. The number of ketones is 1. The third-order valence-electron chi connectivity index (χ3n) is 4.60. The van der Waals surface area contributed by atoms with Crippen LogP contribution in [0.4, 0.5) is 0 Å². The van der Waals surface area contributed by atoms with Gasteiger partial charge >= 0.3 is 0 Å². The van der Waals surface area contributed by atoms with Crippen LogP contribution in [-0.2, 0) is 21.2 Å².